The summed E-state index contributed by atoms with van der Waals surface area (Å²) in [6.45, 7) is 2.96. The van der Waals surface area contributed by atoms with Gasteiger partial charge in [-0.2, -0.15) is 0 Å². The van der Waals surface area contributed by atoms with E-state index < -0.39 is 0 Å². The maximum atomic E-state index is 11.7. The van der Waals surface area contributed by atoms with Crippen molar-refractivity contribution < 1.29 is 19.1 Å². The van der Waals surface area contributed by atoms with Crippen molar-refractivity contribution in [3.63, 3.8) is 0 Å². The van der Waals surface area contributed by atoms with Crippen molar-refractivity contribution >= 4 is 5.91 Å². The minimum atomic E-state index is -0.268. The maximum absolute atomic E-state index is 11.7. The van der Waals surface area contributed by atoms with E-state index in [1.54, 1.807) is 12.1 Å². The van der Waals surface area contributed by atoms with Crippen molar-refractivity contribution in [2.45, 2.75) is 19.8 Å². The molecule has 0 aliphatic heterocycles. The molecule has 17 heavy (non-hydrogen) atoms. The molecule has 2 rings (SSSR count). The summed E-state index contributed by atoms with van der Waals surface area (Å²) >= 11 is 0. The first kappa shape index (κ1) is 12.0. The van der Waals surface area contributed by atoms with Crippen LogP contribution in [0.3, 0.4) is 0 Å². The number of nitrogens with one attached hydrogen (secondary N) is 1. The molecule has 5 heteroatoms. The third-order valence-electron chi connectivity index (χ3n) is 3.01. The normalized spacial score (nSPS) is 16.6. The van der Waals surface area contributed by atoms with Crippen molar-refractivity contribution in [1.29, 1.82) is 0 Å². The minimum Gasteiger partial charge on any atom is -0.465 e. The Morgan fingerprint density at radius 2 is 2.35 bits per heavy atom. The number of furan rings is 1. The van der Waals surface area contributed by atoms with Crippen LogP contribution in [0.2, 0.25) is 0 Å². The van der Waals surface area contributed by atoms with Crippen molar-refractivity contribution in [3.8, 4) is 5.95 Å². The van der Waals surface area contributed by atoms with Crippen LogP contribution < -0.4 is 10.1 Å². The average molecular weight is 239 g/mol. The molecule has 0 saturated heterocycles. The van der Waals surface area contributed by atoms with Crippen molar-refractivity contribution in [2.24, 2.45) is 5.41 Å². The Balaban J connectivity index is 1.86. The van der Waals surface area contributed by atoms with Crippen molar-refractivity contribution in [2.75, 3.05) is 19.8 Å². The number of hydrogen-bond donors (Lipinski definition) is 2. The van der Waals surface area contributed by atoms with Gasteiger partial charge in [0.2, 0.25) is 0 Å². The van der Waals surface area contributed by atoms with E-state index in [-0.39, 0.29) is 23.7 Å². The highest BCUT2D eigenvalue weighted by molar-refractivity contribution is 5.91. The molecule has 1 aliphatic rings. The van der Waals surface area contributed by atoms with Gasteiger partial charge in [0, 0.05) is 18.0 Å². The highest BCUT2D eigenvalue weighted by atomic mass is 16.6. The lowest BCUT2D eigenvalue weighted by molar-refractivity contribution is 0.0899. The fraction of sp³-hybridized carbons (Fsp3) is 0.583. The Labute approximate surface area is 99.8 Å². The summed E-state index contributed by atoms with van der Waals surface area (Å²) < 4.78 is 10.3. The van der Waals surface area contributed by atoms with E-state index in [1.165, 1.54) is 0 Å². The molecule has 5 nitrogen and oxygen atoms in total. The standard InChI is InChI=1S/C12H17NO4/c1-2-16-10-4-3-9(17-10)11(15)13-7-12(8-14)5-6-12/h3-4,14H,2,5-8H2,1H3,(H,13,15). The first-order valence-corrected chi connectivity index (χ1v) is 5.81. The zero-order valence-electron chi connectivity index (χ0n) is 9.86. The second kappa shape index (κ2) is 4.79. The number of aliphatic hydroxyl groups excluding tert-OH is 1. The van der Waals surface area contributed by atoms with E-state index in [2.05, 4.69) is 5.32 Å². The van der Waals surface area contributed by atoms with Crippen molar-refractivity contribution in [3.05, 3.63) is 17.9 Å². The van der Waals surface area contributed by atoms with Crippen LogP contribution in [-0.2, 0) is 0 Å². The molecule has 1 aromatic rings. The lowest BCUT2D eigenvalue weighted by Crippen LogP contribution is -2.31. The van der Waals surface area contributed by atoms with E-state index >= 15 is 0 Å². The summed E-state index contributed by atoms with van der Waals surface area (Å²) in [4.78, 5) is 11.7. The topological polar surface area (TPSA) is 71.7 Å². The molecular weight excluding hydrogens is 222 g/mol. The van der Waals surface area contributed by atoms with Crippen LogP contribution in [0.15, 0.2) is 16.5 Å². The zero-order chi connectivity index (χ0) is 12.3. The van der Waals surface area contributed by atoms with Gasteiger partial charge in [-0.1, -0.05) is 0 Å². The Morgan fingerprint density at radius 3 is 2.94 bits per heavy atom. The largest absolute Gasteiger partial charge is 0.465 e. The number of hydrogen-bond acceptors (Lipinski definition) is 4. The first-order valence-electron chi connectivity index (χ1n) is 5.81. The lowest BCUT2D eigenvalue weighted by atomic mass is 10.1. The second-order valence-electron chi connectivity index (χ2n) is 4.39. The van der Waals surface area contributed by atoms with Crippen LogP contribution in [0, 0.1) is 5.41 Å². The number of carbonyl (C=O) groups is 1. The van der Waals surface area contributed by atoms with Gasteiger partial charge in [-0.15, -0.1) is 0 Å². The molecule has 2 N–H and O–H groups in total. The fourth-order valence-corrected chi connectivity index (χ4v) is 1.58. The van der Waals surface area contributed by atoms with Gasteiger partial charge in [-0.3, -0.25) is 4.79 Å². The van der Waals surface area contributed by atoms with Gasteiger partial charge < -0.3 is 19.6 Å². The predicted molar refractivity (Wildman–Crippen MR) is 61.0 cm³/mol. The fourth-order valence-electron chi connectivity index (χ4n) is 1.58. The molecule has 1 aromatic heterocycles. The number of rotatable bonds is 6. The van der Waals surface area contributed by atoms with Gasteiger partial charge >= 0.3 is 0 Å². The molecule has 1 saturated carbocycles. The van der Waals surface area contributed by atoms with E-state index in [4.69, 9.17) is 14.3 Å². The Hall–Kier alpha value is -1.49. The molecule has 1 amide bonds. The maximum Gasteiger partial charge on any atom is 0.287 e. The third kappa shape index (κ3) is 2.79. The van der Waals surface area contributed by atoms with Crippen LogP contribution >= 0.6 is 0 Å². The van der Waals surface area contributed by atoms with E-state index in [1.807, 2.05) is 6.92 Å². The summed E-state index contributed by atoms with van der Waals surface area (Å²) in [6.07, 6.45) is 1.93. The van der Waals surface area contributed by atoms with Crippen LogP contribution in [0.25, 0.3) is 0 Å². The molecule has 0 atom stereocenters. The second-order valence-corrected chi connectivity index (χ2v) is 4.39. The summed E-state index contributed by atoms with van der Waals surface area (Å²) in [5.41, 5.74) is -0.0923. The molecular formula is C12H17NO4. The van der Waals surface area contributed by atoms with Gasteiger partial charge in [-0.05, 0) is 25.8 Å². The lowest BCUT2D eigenvalue weighted by Gasteiger charge is -2.11. The van der Waals surface area contributed by atoms with Crippen LogP contribution in [0.5, 0.6) is 5.95 Å². The average Bonchev–Trinajstić information content (AvgIpc) is 2.98. The molecule has 0 aromatic carbocycles. The number of aliphatic hydroxyl groups is 1. The Kier molecular flexibility index (Phi) is 3.38. The van der Waals surface area contributed by atoms with Crippen LogP contribution in [0.1, 0.15) is 30.3 Å². The molecule has 0 spiro atoms. The summed E-state index contributed by atoms with van der Waals surface area (Å²) in [5.74, 6) is 0.318. The number of carbonyl (C=O) groups excluding carboxylic acids is 1. The zero-order valence-corrected chi connectivity index (χ0v) is 9.86. The highest BCUT2D eigenvalue weighted by Gasteiger charge is 2.42. The Morgan fingerprint density at radius 1 is 1.59 bits per heavy atom. The predicted octanol–water partition coefficient (Wildman–Crippen LogP) is 1.18. The number of ether oxygens (including phenoxy) is 1. The van der Waals surface area contributed by atoms with Gasteiger partial charge in [0.05, 0.1) is 13.2 Å². The third-order valence-corrected chi connectivity index (χ3v) is 3.01. The summed E-state index contributed by atoms with van der Waals surface area (Å²) in [7, 11) is 0. The van der Waals surface area contributed by atoms with Gasteiger partial charge in [-0.25, -0.2) is 0 Å². The molecule has 1 heterocycles. The van der Waals surface area contributed by atoms with E-state index in [9.17, 15) is 4.79 Å². The van der Waals surface area contributed by atoms with Gasteiger partial charge in [0.1, 0.15) is 0 Å². The first-order chi connectivity index (χ1) is 8.19. The number of amides is 1. The molecule has 94 valence electrons. The van der Waals surface area contributed by atoms with E-state index in [0.717, 1.165) is 12.8 Å². The molecule has 0 radical (unpaired) electrons. The Bertz CT molecular complexity index is 395. The minimum absolute atomic E-state index is 0.0923. The molecule has 1 aliphatic carbocycles. The molecule has 0 unspecified atom stereocenters. The van der Waals surface area contributed by atoms with E-state index in [0.29, 0.717) is 19.1 Å². The highest BCUT2D eigenvalue weighted by Crippen LogP contribution is 2.44. The van der Waals surface area contributed by atoms with Crippen LogP contribution in [-0.4, -0.2) is 30.8 Å². The van der Waals surface area contributed by atoms with Gasteiger partial charge in [0.25, 0.3) is 11.9 Å². The van der Waals surface area contributed by atoms with Gasteiger partial charge in [0.15, 0.2) is 5.76 Å². The quantitative estimate of drug-likeness (QED) is 0.782. The van der Waals surface area contributed by atoms with Crippen molar-refractivity contribution in [1.82, 2.24) is 5.32 Å². The summed E-state index contributed by atoms with van der Waals surface area (Å²) in [6, 6.07) is 3.20. The summed E-state index contributed by atoms with van der Waals surface area (Å²) in [5, 5.41) is 11.9. The monoisotopic (exact) mass is 239 g/mol. The SMILES string of the molecule is CCOc1ccc(C(=O)NCC2(CO)CC2)o1. The molecule has 1 fully saturated rings. The smallest absolute Gasteiger partial charge is 0.287 e. The molecule has 0 bridgehead atoms. The van der Waals surface area contributed by atoms with Crippen LogP contribution in [0.4, 0.5) is 0 Å².